The average Bonchev–Trinajstić information content (AvgIpc) is 3.58. The third-order valence-corrected chi connectivity index (χ3v) is 7.05. The van der Waals surface area contributed by atoms with E-state index in [1.165, 1.54) is 0 Å². The van der Waals surface area contributed by atoms with Crippen LogP contribution in [0, 0.1) is 11.8 Å². The summed E-state index contributed by atoms with van der Waals surface area (Å²) in [6.07, 6.45) is 3.25. The molecule has 176 valence electrons. The molecule has 0 saturated heterocycles. The van der Waals surface area contributed by atoms with Crippen LogP contribution in [0.2, 0.25) is 0 Å². The molecule has 1 amide bonds. The first kappa shape index (κ1) is 21.5. The Labute approximate surface area is 205 Å². The summed E-state index contributed by atoms with van der Waals surface area (Å²) in [6.45, 7) is 3.05. The molecule has 3 aromatic rings. The van der Waals surface area contributed by atoms with Gasteiger partial charge in [-0.15, -0.1) is 0 Å². The Kier molecular flexibility index (Phi) is 5.29. The smallest absolute Gasteiger partial charge is 0.281 e. The Morgan fingerprint density at radius 3 is 2.60 bits per heavy atom. The van der Waals surface area contributed by atoms with E-state index in [4.69, 9.17) is 14.7 Å². The monoisotopic (exact) mass is 465 g/mol. The van der Waals surface area contributed by atoms with E-state index in [2.05, 4.69) is 16.7 Å². The highest BCUT2D eigenvalue weighted by Gasteiger charge is 2.49. The maximum atomic E-state index is 13.8. The van der Waals surface area contributed by atoms with Gasteiger partial charge in [0, 0.05) is 12.1 Å². The summed E-state index contributed by atoms with van der Waals surface area (Å²) in [6, 6.07) is 18.2. The molecule has 3 heterocycles. The van der Waals surface area contributed by atoms with E-state index in [1.807, 2.05) is 66.1 Å². The van der Waals surface area contributed by atoms with Gasteiger partial charge in [-0.3, -0.25) is 14.6 Å². The number of nitrogens with zero attached hydrogens (tertiary/aromatic N) is 5. The molecule has 6 rings (SSSR count). The van der Waals surface area contributed by atoms with Gasteiger partial charge in [-0.2, -0.15) is 0 Å². The number of hydrogen-bond acceptors (Lipinski definition) is 5. The number of amides is 1. The van der Waals surface area contributed by atoms with Gasteiger partial charge in [0.2, 0.25) is 5.96 Å². The number of aliphatic imine (C=N–C) groups is 1. The number of hydrogen-bond donors (Lipinski definition) is 0. The third kappa shape index (κ3) is 3.57. The molecular weight excluding hydrogens is 438 g/mol. The van der Waals surface area contributed by atoms with Crippen molar-refractivity contribution in [2.45, 2.75) is 44.8 Å². The van der Waals surface area contributed by atoms with Crippen molar-refractivity contribution >= 4 is 17.7 Å². The minimum Gasteiger partial charge on any atom is -0.497 e. The van der Waals surface area contributed by atoms with E-state index in [1.54, 1.807) is 12.0 Å². The number of carbonyl (C=O) groups is 1. The van der Waals surface area contributed by atoms with Gasteiger partial charge in [-0.05, 0) is 61.9 Å². The summed E-state index contributed by atoms with van der Waals surface area (Å²) in [5.74, 6) is 9.25. The molecule has 1 saturated carbocycles. The molecule has 3 aliphatic rings. The molecule has 2 aromatic carbocycles. The fraction of sp³-hybridized carbons (Fsp3) is 0.321. The van der Waals surface area contributed by atoms with Crippen molar-refractivity contribution in [3.63, 3.8) is 0 Å². The lowest BCUT2D eigenvalue weighted by molar-refractivity contribution is 0.0835. The summed E-state index contributed by atoms with van der Waals surface area (Å²) in [5, 5.41) is 0. The lowest BCUT2D eigenvalue weighted by Crippen LogP contribution is -2.53. The Morgan fingerprint density at radius 2 is 1.86 bits per heavy atom. The molecule has 7 heteroatoms. The lowest BCUT2D eigenvalue weighted by atomic mass is 10.1. The molecule has 0 radical (unpaired) electrons. The Bertz CT molecular complexity index is 1360. The number of carbonyl (C=O) groups excluding carboxylic acids is 1. The van der Waals surface area contributed by atoms with Crippen LogP contribution in [-0.2, 0) is 6.54 Å². The van der Waals surface area contributed by atoms with Crippen LogP contribution in [0.4, 0.5) is 5.82 Å². The van der Waals surface area contributed by atoms with Crippen molar-refractivity contribution in [2.75, 3.05) is 18.6 Å². The Balaban J connectivity index is 1.50. The van der Waals surface area contributed by atoms with Gasteiger partial charge in [-0.25, -0.2) is 9.98 Å². The number of rotatable bonds is 4. The molecule has 35 heavy (non-hydrogen) atoms. The number of methoxy groups -OCH3 is 1. The molecule has 0 bridgehead atoms. The van der Waals surface area contributed by atoms with Crippen molar-refractivity contribution in [3.8, 4) is 17.6 Å². The number of anilines is 1. The third-order valence-electron chi connectivity index (χ3n) is 7.05. The van der Waals surface area contributed by atoms with E-state index in [0.29, 0.717) is 30.4 Å². The average molecular weight is 466 g/mol. The fourth-order valence-electron chi connectivity index (χ4n) is 5.32. The van der Waals surface area contributed by atoms with Crippen LogP contribution in [0.3, 0.4) is 0 Å². The summed E-state index contributed by atoms with van der Waals surface area (Å²) >= 11 is 0. The number of aromatic nitrogens is 2. The van der Waals surface area contributed by atoms with Gasteiger partial charge in [0.25, 0.3) is 5.91 Å². The van der Waals surface area contributed by atoms with Crippen LogP contribution in [0.25, 0.3) is 0 Å². The predicted molar refractivity (Wildman–Crippen MR) is 135 cm³/mol. The fourth-order valence-corrected chi connectivity index (χ4v) is 5.32. The zero-order valence-electron chi connectivity index (χ0n) is 19.9. The SMILES string of the molecule is CCN1C(=O)c2c(nc(C#Cc3ccccc3)n2Cc2ccc(OC)cc2)N2C1=N[C@@H]1CCC[C@@H]12. The van der Waals surface area contributed by atoms with Gasteiger partial charge >= 0.3 is 0 Å². The first-order valence-corrected chi connectivity index (χ1v) is 12.2. The van der Waals surface area contributed by atoms with E-state index in [-0.39, 0.29) is 18.0 Å². The van der Waals surface area contributed by atoms with Crippen LogP contribution >= 0.6 is 0 Å². The predicted octanol–water partition coefficient (Wildman–Crippen LogP) is 3.91. The van der Waals surface area contributed by atoms with Crippen molar-refractivity contribution in [3.05, 3.63) is 77.2 Å². The van der Waals surface area contributed by atoms with E-state index < -0.39 is 0 Å². The number of ether oxygens (including phenoxy) is 1. The van der Waals surface area contributed by atoms with Crippen LogP contribution < -0.4 is 9.64 Å². The highest BCUT2D eigenvalue weighted by Crippen LogP contribution is 2.41. The molecule has 1 aliphatic carbocycles. The number of benzene rings is 2. The molecule has 0 unspecified atom stereocenters. The van der Waals surface area contributed by atoms with Gasteiger partial charge < -0.3 is 9.30 Å². The normalized spacial score (nSPS) is 20.1. The maximum Gasteiger partial charge on any atom is 0.281 e. The summed E-state index contributed by atoms with van der Waals surface area (Å²) in [7, 11) is 1.65. The summed E-state index contributed by atoms with van der Waals surface area (Å²) in [4.78, 5) is 27.7. The highest BCUT2D eigenvalue weighted by molar-refractivity contribution is 6.18. The largest absolute Gasteiger partial charge is 0.497 e. The second-order valence-corrected chi connectivity index (χ2v) is 9.07. The van der Waals surface area contributed by atoms with Crippen molar-refractivity contribution in [1.29, 1.82) is 0 Å². The van der Waals surface area contributed by atoms with Gasteiger partial charge in [0.1, 0.15) is 5.75 Å². The Hall–Kier alpha value is -4.05. The second kappa shape index (κ2) is 8.62. The first-order valence-electron chi connectivity index (χ1n) is 12.2. The van der Waals surface area contributed by atoms with Crippen molar-refractivity contribution < 1.29 is 9.53 Å². The zero-order chi connectivity index (χ0) is 23.9. The van der Waals surface area contributed by atoms with Crippen molar-refractivity contribution in [2.24, 2.45) is 4.99 Å². The Morgan fingerprint density at radius 1 is 1.06 bits per heavy atom. The topological polar surface area (TPSA) is 63.0 Å². The number of imidazole rings is 1. The van der Waals surface area contributed by atoms with Crippen LogP contribution in [0.1, 0.15) is 53.6 Å². The van der Waals surface area contributed by atoms with Gasteiger partial charge in [0.15, 0.2) is 17.3 Å². The summed E-state index contributed by atoms with van der Waals surface area (Å²) in [5.41, 5.74) is 2.54. The van der Waals surface area contributed by atoms with E-state index >= 15 is 0 Å². The maximum absolute atomic E-state index is 13.8. The number of guanidine groups is 1. The van der Waals surface area contributed by atoms with Gasteiger partial charge in [-0.1, -0.05) is 36.3 Å². The summed E-state index contributed by atoms with van der Waals surface area (Å²) < 4.78 is 7.29. The molecule has 1 fully saturated rings. The molecule has 7 nitrogen and oxygen atoms in total. The molecular formula is C28H27N5O2. The minimum absolute atomic E-state index is 0.0637. The second-order valence-electron chi connectivity index (χ2n) is 9.07. The molecule has 2 atom stereocenters. The van der Waals surface area contributed by atoms with Gasteiger partial charge in [0.05, 0.1) is 25.7 Å². The van der Waals surface area contributed by atoms with E-state index in [0.717, 1.165) is 42.1 Å². The molecule has 1 aromatic heterocycles. The van der Waals surface area contributed by atoms with Crippen molar-refractivity contribution in [1.82, 2.24) is 14.5 Å². The number of fused-ring (bicyclic) bond motifs is 5. The first-order chi connectivity index (χ1) is 17.2. The standard InChI is InChI=1S/C28H27N5O2/c1-3-31-27(34)25-26(33-23-11-7-10-22(23)29-28(31)33)30-24(17-14-19-8-5-4-6-9-19)32(25)18-20-12-15-21(35-2)16-13-20/h4-6,8-9,12-13,15-16,22-23H,3,7,10-11,18H2,1-2H3/t22-,23+/m1/s1. The van der Waals surface area contributed by atoms with E-state index in [9.17, 15) is 4.79 Å². The van der Waals surface area contributed by atoms with Crippen LogP contribution in [-0.4, -0.2) is 52.1 Å². The molecule has 0 spiro atoms. The highest BCUT2D eigenvalue weighted by atomic mass is 16.5. The van der Waals surface area contributed by atoms with Crippen LogP contribution in [0.15, 0.2) is 59.6 Å². The minimum atomic E-state index is -0.0637. The lowest BCUT2D eigenvalue weighted by Gasteiger charge is -2.35. The molecule has 0 N–H and O–H groups in total. The quantitative estimate of drug-likeness (QED) is 0.548. The van der Waals surface area contributed by atoms with Crippen LogP contribution in [0.5, 0.6) is 5.75 Å². The zero-order valence-corrected chi connectivity index (χ0v) is 19.9. The molecule has 2 aliphatic heterocycles.